The second-order valence-electron chi connectivity index (χ2n) is 3.36. The Morgan fingerprint density at radius 2 is 2.00 bits per heavy atom. The van der Waals surface area contributed by atoms with Crippen LogP contribution in [0.4, 0.5) is 0 Å². The molecule has 1 atom stereocenters. The molecule has 0 radical (unpaired) electrons. The number of nitrogens with one attached hydrogen (secondary N) is 1. The van der Waals surface area contributed by atoms with Crippen LogP contribution in [0.1, 0.15) is 18.0 Å². The van der Waals surface area contributed by atoms with E-state index in [2.05, 4.69) is 5.32 Å². The molecular weight excluding hydrogens is 190 g/mol. The maximum absolute atomic E-state index is 11.3. The van der Waals surface area contributed by atoms with Crippen LogP contribution in [0.15, 0.2) is 30.3 Å². The highest BCUT2D eigenvalue weighted by molar-refractivity contribution is 5.76. The van der Waals surface area contributed by atoms with Crippen molar-refractivity contribution in [2.45, 2.75) is 12.5 Å². The Labute approximate surface area is 89.6 Å². The lowest BCUT2D eigenvalue weighted by atomic mass is 10.0. The molecule has 0 unspecified atom stereocenters. The first kappa shape index (κ1) is 11.7. The van der Waals surface area contributed by atoms with Crippen LogP contribution >= 0.6 is 0 Å². The molecule has 15 heavy (non-hydrogen) atoms. The Kier molecular flexibility index (Phi) is 4.80. The third-order valence-corrected chi connectivity index (χ3v) is 2.10. The second kappa shape index (κ2) is 6.16. The summed E-state index contributed by atoms with van der Waals surface area (Å²) in [5, 5.41) is 2.69. The predicted molar refractivity (Wildman–Crippen MR) is 60.1 cm³/mol. The summed E-state index contributed by atoms with van der Waals surface area (Å²) in [6.07, 6.45) is 0.296. The Hall–Kier alpha value is -1.39. The van der Waals surface area contributed by atoms with Gasteiger partial charge in [-0.15, -0.1) is 0 Å². The first-order chi connectivity index (χ1) is 7.24. The topological polar surface area (TPSA) is 81.1 Å². The van der Waals surface area contributed by atoms with Gasteiger partial charge in [0.2, 0.25) is 5.91 Å². The molecule has 0 aliphatic rings. The van der Waals surface area contributed by atoms with Gasteiger partial charge in [-0.1, -0.05) is 30.3 Å². The van der Waals surface area contributed by atoms with Gasteiger partial charge in [-0.25, -0.2) is 0 Å². The fourth-order valence-electron chi connectivity index (χ4n) is 1.30. The van der Waals surface area contributed by atoms with Crippen LogP contribution in [-0.2, 0) is 4.79 Å². The molecule has 4 heteroatoms. The van der Waals surface area contributed by atoms with Gasteiger partial charge in [0, 0.05) is 25.6 Å². The van der Waals surface area contributed by atoms with E-state index in [0.29, 0.717) is 19.5 Å². The van der Waals surface area contributed by atoms with Gasteiger partial charge >= 0.3 is 0 Å². The van der Waals surface area contributed by atoms with E-state index in [4.69, 9.17) is 11.5 Å². The van der Waals surface area contributed by atoms with Crippen molar-refractivity contribution < 1.29 is 4.79 Å². The van der Waals surface area contributed by atoms with E-state index in [1.807, 2.05) is 30.3 Å². The van der Waals surface area contributed by atoms with Crippen LogP contribution < -0.4 is 16.8 Å². The molecular formula is C11H17N3O. The quantitative estimate of drug-likeness (QED) is 0.643. The van der Waals surface area contributed by atoms with Gasteiger partial charge in [-0.2, -0.15) is 0 Å². The van der Waals surface area contributed by atoms with Crippen molar-refractivity contribution in [3.63, 3.8) is 0 Å². The summed E-state index contributed by atoms with van der Waals surface area (Å²) in [6.45, 7) is 0.951. The van der Waals surface area contributed by atoms with E-state index in [1.54, 1.807) is 0 Å². The summed E-state index contributed by atoms with van der Waals surface area (Å²) in [5.74, 6) is -0.0585. The van der Waals surface area contributed by atoms with Crippen molar-refractivity contribution in [1.29, 1.82) is 0 Å². The average Bonchev–Trinajstić information content (AvgIpc) is 2.27. The van der Waals surface area contributed by atoms with E-state index in [9.17, 15) is 4.79 Å². The lowest BCUT2D eigenvalue weighted by Gasteiger charge is -2.11. The monoisotopic (exact) mass is 207 g/mol. The highest BCUT2D eigenvalue weighted by atomic mass is 16.1. The zero-order chi connectivity index (χ0) is 11.1. The highest BCUT2D eigenvalue weighted by Gasteiger charge is 2.10. The van der Waals surface area contributed by atoms with Crippen LogP contribution in [0.25, 0.3) is 0 Å². The number of carbonyl (C=O) groups is 1. The van der Waals surface area contributed by atoms with Crippen molar-refractivity contribution >= 4 is 5.91 Å². The number of hydrogen-bond donors (Lipinski definition) is 3. The Bertz CT molecular complexity index is 300. The molecule has 5 N–H and O–H groups in total. The van der Waals surface area contributed by atoms with E-state index in [1.165, 1.54) is 0 Å². The smallest absolute Gasteiger partial charge is 0.221 e. The summed E-state index contributed by atoms with van der Waals surface area (Å²) in [4.78, 5) is 11.3. The van der Waals surface area contributed by atoms with Crippen molar-refractivity contribution in [1.82, 2.24) is 5.32 Å². The molecule has 1 amide bonds. The minimum Gasteiger partial charge on any atom is -0.355 e. The molecule has 0 saturated carbocycles. The Balaban J connectivity index is 2.42. The zero-order valence-electron chi connectivity index (χ0n) is 8.65. The van der Waals surface area contributed by atoms with Crippen LogP contribution in [0.2, 0.25) is 0 Å². The number of nitrogens with two attached hydrogens (primary N) is 2. The summed E-state index contributed by atoms with van der Waals surface area (Å²) in [7, 11) is 0. The minimum atomic E-state index is -0.246. The Morgan fingerprint density at radius 1 is 1.33 bits per heavy atom. The summed E-state index contributed by atoms with van der Waals surface area (Å²) >= 11 is 0. The molecule has 0 fully saturated rings. The standard InChI is InChI=1S/C11H17N3O/c12-6-7-14-11(15)8-10(13)9-4-2-1-3-5-9/h1-5,10H,6-8,12-13H2,(H,14,15)/t10-/m1/s1. The molecule has 4 nitrogen and oxygen atoms in total. The maximum Gasteiger partial charge on any atom is 0.221 e. The molecule has 0 heterocycles. The van der Waals surface area contributed by atoms with Crippen molar-refractivity contribution in [2.24, 2.45) is 11.5 Å². The average molecular weight is 207 g/mol. The van der Waals surface area contributed by atoms with Gasteiger partial charge in [-0.05, 0) is 5.56 Å². The third-order valence-electron chi connectivity index (χ3n) is 2.10. The number of amides is 1. The third kappa shape index (κ3) is 4.10. The first-order valence-corrected chi connectivity index (χ1v) is 5.01. The normalized spacial score (nSPS) is 12.1. The lowest BCUT2D eigenvalue weighted by Crippen LogP contribution is -2.31. The van der Waals surface area contributed by atoms with Gasteiger partial charge in [0.25, 0.3) is 0 Å². The molecule has 1 rings (SSSR count). The van der Waals surface area contributed by atoms with Crippen LogP contribution in [0, 0.1) is 0 Å². The van der Waals surface area contributed by atoms with Gasteiger partial charge < -0.3 is 16.8 Å². The van der Waals surface area contributed by atoms with Crippen LogP contribution in [0.3, 0.4) is 0 Å². The largest absolute Gasteiger partial charge is 0.355 e. The molecule has 0 bridgehead atoms. The number of carbonyl (C=O) groups excluding carboxylic acids is 1. The molecule has 0 aromatic heterocycles. The fraction of sp³-hybridized carbons (Fsp3) is 0.364. The van der Waals surface area contributed by atoms with Gasteiger partial charge in [0.15, 0.2) is 0 Å². The van der Waals surface area contributed by atoms with E-state index in [0.717, 1.165) is 5.56 Å². The van der Waals surface area contributed by atoms with Crippen molar-refractivity contribution in [2.75, 3.05) is 13.1 Å². The molecule has 0 spiro atoms. The van der Waals surface area contributed by atoms with Crippen molar-refractivity contribution in [3.05, 3.63) is 35.9 Å². The fourth-order valence-corrected chi connectivity index (χ4v) is 1.30. The molecule has 0 aliphatic heterocycles. The van der Waals surface area contributed by atoms with Crippen molar-refractivity contribution in [3.8, 4) is 0 Å². The van der Waals surface area contributed by atoms with E-state index >= 15 is 0 Å². The number of rotatable bonds is 5. The zero-order valence-corrected chi connectivity index (χ0v) is 8.65. The SMILES string of the molecule is NCCNC(=O)C[C@@H](N)c1ccccc1. The molecule has 0 aliphatic carbocycles. The number of hydrogen-bond acceptors (Lipinski definition) is 3. The molecule has 1 aromatic rings. The minimum absolute atomic E-state index is 0.0585. The summed E-state index contributed by atoms with van der Waals surface area (Å²) in [5.41, 5.74) is 12.1. The van der Waals surface area contributed by atoms with Gasteiger partial charge in [0.1, 0.15) is 0 Å². The summed E-state index contributed by atoms with van der Waals surface area (Å²) in [6, 6.07) is 9.33. The lowest BCUT2D eigenvalue weighted by molar-refractivity contribution is -0.121. The molecule has 1 aromatic carbocycles. The maximum atomic E-state index is 11.3. The number of benzene rings is 1. The molecule has 82 valence electrons. The van der Waals surface area contributed by atoms with E-state index in [-0.39, 0.29) is 11.9 Å². The van der Waals surface area contributed by atoms with Crippen LogP contribution in [0.5, 0.6) is 0 Å². The summed E-state index contributed by atoms with van der Waals surface area (Å²) < 4.78 is 0. The highest BCUT2D eigenvalue weighted by Crippen LogP contribution is 2.12. The molecule has 0 saturated heterocycles. The Morgan fingerprint density at radius 3 is 2.60 bits per heavy atom. The van der Waals surface area contributed by atoms with Gasteiger partial charge in [-0.3, -0.25) is 4.79 Å². The van der Waals surface area contributed by atoms with Crippen LogP contribution in [-0.4, -0.2) is 19.0 Å². The first-order valence-electron chi connectivity index (χ1n) is 5.01. The predicted octanol–water partition coefficient (Wildman–Crippen LogP) is 0.151. The van der Waals surface area contributed by atoms with Gasteiger partial charge in [0.05, 0.1) is 0 Å². The second-order valence-corrected chi connectivity index (χ2v) is 3.36. The van der Waals surface area contributed by atoms with E-state index < -0.39 is 0 Å².